The molecule has 0 saturated carbocycles. The predicted molar refractivity (Wildman–Crippen MR) is 129 cm³/mol. The lowest BCUT2D eigenvalue weighted by atomic mass is 9.98. The third-order valence-corrected chi connectivity index (χ3v) is 5.98. The number of hydrogen-bond donors (Lipinski definition) is 1. The first-order valence-corrected chi connectivity index (χ1v) is 11.3. The molecule has 2 aromatic heterocycles. The van der Waals surface area contributed by atoms with Gasteiger partial charge in [-0.15, -0.1) is 13.2 Å². The molecule has 1 unspecified atom stereocenters. The van der Waals surface area contributed by atoms with Gasteiger partial charge >= 0.3 is 6.36 Å². The molecule has 1 amide bonds. The molecule has 8 nitrogen and oxygen atoms in total. The van der Waals surface area contributed by atoms with Gasteiger partial charge in [0.15, 0.2) is 22.9 Å². The summed E-state index contributed by atoms with van der Waals surface area (Å²) in [6.07, 6.45) is -3.47. The molecule has 3 heterocycles. The summed E-state index contributed by atoms with van der Waals surface area (Å²) in [5.41, 5.74) is 0.220. The number of benzene rings is 2. The Labute approximate surface area is 217 Å². The first-order valence-electron chi connectivity index (χ1n) is 10.9. The number of anilines is 1. The van der Waals surface area contributed by atoms with Crippen molar-refractivity contribution in [2.24, 2.45) is 0 Å². The number of carbonyl (C=O) groups excluding carboxylic acids is 2. The summed E-state index contributed by atoms with van der Waals surface area (Å²) in [7, 11) is 1.40. The van der Waals surface area contributed by atoms with Crippen molar-refractivity contribution in [1.29, 1.82) is 0 Å². The highest BCUT2D eigenvalue weighted by atomic mass is 35.5. The monoisotopic (exact) mass is 544 g/mol. The minimum absolute atomic E-state index is 0.0904. The molecule has 0 radical (unpaired) electrons. The molecule has 0 saturated heterocycles. The largest absolute Gasteiger partial charge is 0.573 e. The van der Waals surface area contributed by atoms with Gasteiger partial charge in [0.25, 0.3) is 5.91 Å². The lowest BCUT2D eigenvalue weighted by Crippen LogP contribution is -2.31. The van der Waals surface area contributed by atoms with Crippen LogP contribution in [0.4, 0.5) is 18.9 Å². The van der Waals surface area contributed by atoms with Crippen molar-refractivity contribution >= 4 is 39.9 Å². The predicted octanol–water partition coefficient (Wildman–Crippen LogP) is 6.17. The van der Waals surface area contributed by atoms with Crippen LogP contribution in [0.15, 0.2) is 82.6 Å². The van der Waals surface area contributed by atoms with Crippen LogP contribution >= 0.6 is 11.6 Å². The number of Topliss-reactive ketones (excluding diaryl/α,β-unsaturated/α-hetero) is 1. The number of ketones is 1. The second-order valence-corrected chi connectivity index (χ2v) is 8.54. The summed E-state index contributed by atoms with van der Waals surface area (Å²) in [5.74, 6) is -3.05. The molecule has 0 aliphatic carbocycles. The fraction of sp³-hybridized carbons (Fsp3) is 0.115. The zero-order valence-corrected chi connectivity index (χ0v) is 20.1. The smallest absolute Gasteiger partial charge is 0.503 e. The molecule has 2 aromatic carbocycles. The van der Waals surface area contributed by atoms with Crippen molar-refractivity contribution in [3.8, 4) is 11.5 Å². The van der Waals surface area contributed by atoms with Crippen LogP contribution in [0.25, 0.3) is 11.0 Å². The number of hydrogen-bond acceptors (Lipinski definition) is 7. The summed E-state index contributed by atoms with van der Waals surface area (Å²) in [5, 5.41) is 11.6. The minimum atomic E-state index is -4.90. The van der Waals surface area contributed by atoms with Gasteiger partial charge < -0.3 is 19.0 Å². The van der Waals surface area contributed by atoms with Gasteiger partial charge in [0.05, 0.1) is 18.4 Å². The first-order chi connectivity index (χ1) is 18.1. The summed E-state index contributed by atoms with van der Waals surface area (Å²) in [4.78, 5) is 32.2. The van der Waals surface area contributed by atoms with Gasteiger partial charge in [-0.2, -0.15) is 0 Å². The number of fused-ring (bicyclic) bond motifs is 1. The van der Waals surface area contributed by atoms with E-state index >= 15 is 0 Å². The van der Waals surface area contributed by atoms with Crippen molar-refractivity contribution in [2.75, 3.05) is 12.0 Å². The molecule has 38 heavy (non-hydrogen) atoms. The number of carbonyl (C=O) groups is 2. The standard InChI is InChI=1S/C26H16ClF3N2O6/c1-36-19-12-14(27)10-13-11-18(37-24(13)19)22(33)20-21(17-4-2-3-9-31-17)32(25(35)23(20)34)15-5-7-16(8-6-15)38-26(28,29)30/h2-12,21,34H,1H3. The molecular weight excluding hydrogens is 529 g/mol. The topological polar surface area (TPSA) is 102 Å². The van der Waals surface area contributed by atoms with Gasteiger partial charge in [0.2, 0.25) is 5.78 Å². The normalized spacial score (nSPS) is 15.9. The van der Waals surface area contributed by atoms with Gasteiger partial charge in [-0.3, -0.25) is 19.5 Å². The van der Waals surface area contributed by atoms with Crippen LogP contribution < -0.4 is 14.4 Å². The highest BCUT2D eigenvalue weighted by Gasteiger charge is 2.46. The van der Waals surface area contributed by atoms with E-state index in [-0.39, 0.29) is 34.0 Å². The first kappa shape index (κ1) is 25.2. The average Bonchev–Trinajstić information content (AvgIpc) is 3.42. The maximum atomic E-state index is 13.7. The molecule has 12 heteroatoms. The number of rotatable bonds is 6. The molecule has 4 aromatic rings. The summed E-state index contributed by atoms with van der Waals surface area (Å²) in [6, 6.07) is 12.4. The quantitative estimate of drug-likeness (QED) is 0.290. The maximum absolute atomic E-state index is 13.7. The number of pyridine rings is 1. The van der Waals surface area contributed by atoms with E-state index in [1.165, 1.54) is 37.6 Å². The summed E-state index contributed by atoms with van der Waals surface area (Å²) < 4.78 is 52.7. The third-order valence-electron chi connectivity index (χ3n) is 5.76. The van der Waals surface area contributed by atoms with Gasteiger partial charge in [0, 0.05) is 28.4 Å². The number of amides is 1. The van der Waals surface area contributed by atoms with Crippen LogP contribution in [0, 0.1) is 0 Å². The van der Waals surface area contributed by atoms with Gasteiger partial charge in [-0.1, -0.05) is 17.7 Å². The molecule has 1 N–H and O–H groups in total. The number of aliphatic hydroxyl groups excluding tert-OH is 1. The van der Waals surface area contributed by atoms with Crippen molar-refractivity contribution in [3.63, 3.8) is 0 Å². The number of alkyl halides is 3. The van der Waals surface area contributed by atoms with Crippen LogP contribution in [-0.4, -0.2) is 35.3 Å². The van der Waals surface area contributed by atoms with E-state index in [2.05, 4.69) is 9.72 Å². The summed E-state index contributed by atoms with van der Waals surface area (Å²) >= 11 is 6.11. The highest BCUT2D eigenvalue weighted by molar-refractivity contribution is 6.31. The van der Waals surface area contributed by atoms with Crippen LogP contribution in [0.5, 0.6) is 11.5 Å². The zero-order chi connectivity index (χ0) is 27.2. The van der Waals surface area contributed by atoms with Gasteiger partial charge in [-0.05, 0) is 48.5 Å². The van der Waals surface area contributed by atoms with Gasteiger partial charge in [-0.25, -0.2) is 0 Å². The zero-order valence-electron chi connectivity index (χ0n) is 19.3. The number of ether oxygens (including phenoxy) is 2. The Morgan fingerprint density at radius 2 is 1.87 bits per heavy atom. The van der Waals surface area contributed by atoms with E-state index in [1.807, 2.05) is 0 Å². The number of aliphatic hydroxyl groups is 1. The number of aromatic nitrogens is 1. The van der Waals surface area contributed by atoms with E-state index in [4.69, 9.17) is 20.8 Å². The number of nitrogens with zero attached hydrogens (tertiary/aromatic N) is 2. The van der Waals surface area contributed by atoms with E-state index in [0.29, 0.717) is 10.4 Å². The lowest BCUT2D eigenvalue weighted by molar-refractivity contribution is -0.274. The molecule has 5 rings (SSSR count). The number of halogens is 4. The molecule has 0 spiro atoms. The Morgan fingerprint density at radius 3 is 2.50 bits per heavy atom. The molecule has 194 valence electrons. The van der Waals surface area contributed by atoms with E-state index < -0.39 is 35.6 Å². The van der Waals surface area contributed by atoms with Crippen LogP contribution in [0.1, 0.15) is 22.3 Å². The van der Waals surface area contributed by atoms with E-state index in [0.717, 1.165) is 17.0 Å². The number of methoxy groups -OCH3 is 1. The fourth-order valence-corrected chi connectivity index (χ4v) is 4.43. The average molecular weight is 545 g/mol. The molecule has 1 aliphatic heterocycles. The van der Waals surface area contributed by atoms with Crippen molar-refractivity contribution in [2.45, 2.75) is 12.4 Å². The van der Waals surface area contributed by atoms with E-state index in [1.54, 1.807) is 24.3 Å². The molecular formula is C26H16ClF3N2O6. The Hall–Kier alpha value is -4.51. The molecule has 1 aliphatic rings. The Kier molecular flexibility index (Phi) is 6.23. The lowest BCUT2D eigenvalue weighted by Gasteiger charge is -2.26. The van der Waals surface area contributed by atoms with Crippen LogP contribution in [-0.2, 0) is 4.79 Å². The molecule has 0 bridgehead atoms. The highest BCUT2D eigenvalue weighted by Crippen LogP contribution is 2.43. The minimum Gasteiger partial charge on any atom is -0.503 e. The molecule has 0 fully saturated rings. The van der Waals surface area contributed by atoms with Crippen LogP contribution in [0.3, 0.4) is 0 Å². The summed E-state index contributed by atoms with van der Waals surface area (Å²) in [6.45, 7) is 0. The van der Waals surface area contributed by atoms with Crippen LogP contribution in [0.2, 0.25) is 5.02 Å². The fourth-order valence-electron chi connectivity index (χ4n) is 4.21. The number of furan rings is 1. The third kappa shape index (κ3) is 4.52. The van der Waals surface area contributed by atoms with Crippen molar-refractivity contribution in [1.82, 2.24) is 4.98 Å². The maximum Gasteiger partial charge on any atom is 0.573 e. The Bertz CT molecular complexity index is 1580. The van der Waals surface area contributed by atoms with E-state index in [9.17, 15) is 27.9 Å². The van der Waals surface area contributed by atoms with Crippen molar-refractivity contribution < 1.29 is 41.8 Å². The second-order valence-electron chi connectivity index (χ2n) is 8.10. The Balaban J connectivity index is 1.59. The van der Waals surface area contributed by atoms with Gasteiger partial charge in [0.1, 0.15) is 11.8 Å². The molecule has 1 atom stereocenters. The Morgan fingerprint density at radius 1 is 1.13 bits per heavy atom. The second kappa shape index (κ2) is 9.42. The SMILES string of the molecule is COc1cc(Cl)cc2cc(C(=O)C3=C(O)C(=O)N(c4ccc(OC(F)(F)F)cc4)C3c3ccccn3)oc12. The van der Waals surface area contributed by atoms with Crippen molar-refractivity contribution in [3.05, 3.63) is 94.7 Å².